The van der Waals surface area contributed by atoms with E-state index >= 15 is 0 Å². The minimum absolute atomic E-state index is 0.401. The largest absolute Gasteiger partial charge is 0.451 e. The van der Waals surface area contributed by atoms with Crippen molar-refractivity contribution in [3.05, 3.63) is 46.3 Å². The second kappa shape index (κ2) is 8.54. The summed E-state index contributed by atoms with van der Waals surface area (Å²) in [6.45, 7) is 0.0422. The minimum atomic E-state index is -0.622. The average Bonchev–Trinajstić information content (AvgIpc) is 3.16. The number of hydrogen-bond donors (Lipinski definition) is 1. The van der Waals surface area contributed by atoms with Crippen LogP contribution in [0.3, 0.4) is 0 Å². The molecule has 6 nitrogen and oxygen atoms in total. The number of halogens is 1. The summed E-state index contributed by atoms with van der Waals surface area (Å²) in [5, 5.41) is 0.639. The molecule has 2 amide bonds. The first-order chi connectivity index (χ1) is 13.0. The lowest BCUT2D eigenvalue weighted by molar-refractivity contribution is -0.143. The third kappa shape index (κ3) is 4.67. The van der Waals surface area contributed by atoms with Crippen molar-refractivity contribution in [2.24, 2.45) is 5.73 Å². The van der Waals surface area contributed by atoms with Crippen molar-refractivity contribution in [2.45, 2.75) is 25.3 Å². The zero-order valence-electron chi connectivity index (χ0n) is 14.5. The highest BCUT2D eigenvalue weighted by Gasteiger charge is 2.31. The summed E-state index contributed by atoms with van der Waals surface area (Å²) in [5.41, 5.74) is 6.30. The van der Waals surface area contributed by atoms with Crippen LogP contribution in [0.15, 0.2) is 36.4 Å². The van der Waals surface area contributed by atoms with E-state index in [9.17, 15) is 14.4 Å². The molecule has 8 heteroatoms. The molecule has 2 heterocycles. The Balaban J connectivity index is 1.60. The SMILES string of the molecule is NC(=O)[C@@H]1CCCCN1C(=O)COC(=O)c1ccc(-c2ccc(Cl)cc2)s1. The highest BCUT2D eigenvalue weighted by atomic mass is 35.5. The van der Waals surface area contributed by atoms with E-state index in [4.69, 9.17) is 22.1 Å². The molecular weight excluding hydrogens is 388 g/mol. The molecule has 2 aromatic rings. The van der Waals surface area contributed by atoms with Gasteiger partial charge in [-0.3, -0.25) is 9.59 Å². The summed E-state index contributed by atoms with van der Waals surface area (Å²) in [6.07, 6.45) is 2.20. The van der Waals surface area contributed by atoms with Crippen molar-refractivity contribution < 1.29 is 19.1 Å². The maximum atomic E-state index is 12.3. The Hall–Kier alpha value is -2.38. The normalized spacial score (nSPS) is 16.8. The molecule has 1 aliphatic rings. The molecule has 0 saturated carbocycles. The van der Waals surface area contributed by atoms with Crippen LogP contribution in [0.5, 0.6) is 0 Å². The lowest BCUT2D eigenvalue weighted by Gasteiger charge is -2.33. The van der Waals surface area contributed by atoms with Gasteiger partial charge in [0.15, 0.2) is 6.61 Å². The molecule has 1 fully saturated rings. The second-order valence-corrected chi connectivity index (χ2v) is 7.77. The van der Waals surface area contributed by atoms with E-state index in [1.165, 1.54) is 16.2 Å². The summed E-state index contributed by atoms with van der Waals surface area (Å²) >= 11 is 7.16. The molecule has 1 aromatic heterocycles. The van der Waals surface area contributed by atoms with Crippen molar-refractivity contribution in [1.29, 1.82) is 0 Å². The van der Waals surface area contributed by atoms with E-state index in [-0.39, 0.29) is 0 Å². The fourth-order valence-electron chi connectivity index (χ4n) is 3.02. The Labute approximate surface area is 165 Å². The molecule has 27 heavy (non-hydrogen) atoms. The Bertz CT molecular complexity index is 850. The molecule has 1 atom stereocenters. The number of nitrogens with zero attached hydrogens (tertiary/aromatic N) is 1. The lowest BCUT2D eigenvalue weighted by atomic mass is 10.0. The smallest absolute Gasteiger partial charge is 0.348 e. The first-order valence-electron chi connectivity index (χ1n) is 8.57. The lowest BCUT2D eigenvalue weighted by Crippen LogP contribution is -2.51. The Kier molecular flexibility index (Phi) is 6.13. The summed E-state index contributed by atoms with van der Waals surface area (Å²) in [4.78, 5) is 38.8. The highest BCUT2D eigenvalue weighted by molar-refractivity contribution is 7.17. The van der Waals surface area contributed by atoms with Crippen molar-refractivity contribution in [1.82, 2.24) is 4.90 Å². The predicted molar refractivity (Wildman–Crippen MR) is 104 cm³/mol. The standard InChI is InChI=1S/C19H19ClN2O4S/c20-13-6-4-12(5-7-13)15-8-9-16(27-15)19(25)26-11-17(23)22-10-2-1-3-14(22)18(21)24/h4-9,14H,1-3,10-11H2,(H2,21,24)/t14-/m0/s1. The van der Waals surface area contributed by atoms with Gasteiger partial charge in [0.25, 0.3) is 5.91 Å². The summed E-state index contributed by atoms with van der Waals surface area (Å²) in [7, 11) is 0. The van der Waals surface area contributed by atoms with Gasteiger partial charge < -0.3 is 15.4 Å². The van der Waals surface area contributed by atoms with Crippen LogP contribution in [0.1, 0.15) is 28.9 Å². The summed E-state index contributed by atoms with van der Waals surface area (Å²) in [5.74, 6) is -1.50. The molecule has 0 spiro atoms. The highest BCUT2D eigenvalue weighted by Crippen LogP contribution is 2.29. The third-order valence-electron chi connectivity index (χ3n) is 4.41. The number of benzene rings is 1. The van der Waals surface area contributed by atoms with Gasteiger partial charge in [-0.2, -0.15) is 0 Å². The fourth-order valence-corrected chi connectivity index (χ4v) is 4.06. The van der Waals surface area contributed by atoms with E-state index in [0.717, 1.165) is 23.3 Å². The Morgan fingerprint density at radius 3 is 2.59 bits per heavy atom. The number of carbonyl (C=O) groups is 3. The number of amides is 2. The van der Waals surface area contributed by atoms with Crippen molar-refractivity contribution in [3.8, 4) is 10.4 Å². The fraction of sp³-hybridized carbons (Fsp3) is 0.316. The van der Waals surface area contributed by atoms with Crippen molar-refractivity contribution in [2.75, 3.05) is 13.2 Å². The van der Waals surface area contributed by atoms with E-state index in [0.29, 0.717) is 22.9 Å². The molecule has 1 saturated heterocycles. The first kappa shape index (κ1) is 19.4. The Morgan fingerprint density at radius 1 is 1.15 bits per heavy atom. The van der Waals surface area contributed by atoms with E-state index in [1.807, 2.05) is 18.2 Å². The number of nitrogens with two attached hydrogens (primary N) is 1. The third-order valence-corrected chi connectivity index (χ3v) is 5.78. The molecule has 2 N–H and O–H groups in total. The molecule has 1 aromatic carbocycles. The van der Waals surface area contributed by atoms with Crippen molar-refractivity contribution >= 4 is 40.7 Å². The number of esters is 1. The maximum Gasteiger partial charge on any atom is 0.348 e. The van der Waals surface area contributed by atoms with Gasteiger partial charge in [-0.15, -0.1) is 11.3 Å². The van der Waals surface area contributed by atoms with E-state index < -0.39 is 30.4 Å². The van der Waals surface area contributed by atoms with E-state index in [1.54, 1.807) is 18.2 Å². The second-order valence-electron chi connectivity index (χ2n) is 6.25. The summed E-state index contributed by atoms with van der Waals surface area (Å²) < 4.78 is 5.15. The predicted octanol–water partition coefficient (Wildman–Crippen LogP) is 3.09. The number of primary amides is 1. The van der Waals surface area contributed by atoms with Crippen LogP contribution < -0.4 is 5.73 Å². The Morgan fingerprint density at radius 2 is 1.89 bits per heavy atom. The van der Waals surface area contributed by atoms with Crippen LogP contribution in [-0.2, 0) is 14.3 Å². The van der Waals surface area contributed by atoms with Gasteiger partial charge in [0.2, 0.25) is 5.91 Å². The topological polar surface area (TPSA) is 89.7 Å². The molecule has 0 unspecified atom stereocenters. The molecule has 0 bridgehead atoms. The van der Waals surface area contributed by atoms with Crippen molar-refractivity contribution in [3.63, 3.8) is 0 Å². The van der Waals surface area contributed by atoms with Crippen LogP contribution in [-0.4, -0.2) is 41.9 Å². The number of piperidine rings is 1. The van der Waals surface area contributed by atoms with Gasteiger partial charge in [-0.1, -0.05) is 23.7 Å². The molecule has 0 radical (unpaired) electrons. The van der Waals surface area contributed by atoms with Gasteiger partial charge in [-0.25, -0.2) is 4.79 Å². The number of rotatable bonds is 5. The van der Waals surface area contributed by atoms with Crippen LogP contribution in [0.25, 0.3) is 10.4 Å². The quantitative estimate of drug-likeness (QED) is 0.772. The van der Waals surface area contributed by atoms with Crippen LogP contribution in [0, 0.1) is 0 Å². The zero-order valence-corrected chi connectivity index (χ0v) is 16.1. The van der Waals surface area contributed by atoms with Crippen LogP contribution in [0.4, 0.5) is 0 Å². The molecular formula is C19H19ClN2O4S. The van der Waals surface area contributed by atoms with Gasteiger partial charge in [-0.05, 0) is 49.1 Å². The van der Waals surface area contributed by atoms with Gasteiger partial charge in [0.1, 0.15) is 10.9 Å². The number of thiophene rings is 1. The molecule has 142 valence electrons. The van der Waals surface area contributed by atoms with Gasteiger partial charge in [0, 0.05) is 16.4 Å². The average molecular weight is 407 g/mol. The molecule has 0 aliphatic carbocycles. The van der Waals surface area contributed by atoms with E-state index in [2.05, 4.69) is 0 Å². The van der Waals surface area contributed by atoms with Crippen LogP contribution >= 0.6 is 22.9 Å². The zero-order chi connectivity index (χ0) is 19.4. The maximum absolute atomic E-state index is 12.3. The monoisotopic (exact) mass is 406 g/mol. The van der Waals surface area contributed by atoms with Crippen LogP contribution in [0.2, 0.25) is 5.02 Å². The molecule has 1 aliphatic heterocycles. The number of carbonyl (C=O) groups excluding carboxylic acids is 3. The minimum Gasteiger partial charge on any atom is -0.451 e. The number of ether oxygens (including phenoxy) is 1. The first-order valence-corrected chi connectivity index (χ1v) is 9.77. The van der Waals surface area contributed by atoms with Gasteiger partial charge in [0.05, 0.1) is 0 Å². The number of likely N-dealkylation sites (tertiary alicyclic amines) is 1. The van der Waals surface area contributed by atoms with Gasteiger partial charge >= 0.3 is 5.97 Å². The molecule has 3 rings (SSSR count). The summed E-state index contributed by atoms with van der Waals surface area (Å²) in [6, 6.07) is 10.2. The number of hydrogen-bond acceptors (Lipinski definition) is 5.